The van der Waals surface area contributed by atoms with Crippen LogP contribution in [-0.2, 0) is 5.75 Å². The first-order valence-corrected chi connectivity index (χ1v) is 8.08. The number of hydrazine groups is 1. The molecule has 3 N–H and O–H groups in total. The van der Waals surface area contributed by atoms with Gasteiger partial charge in [0.1, 0.15) is 0 Å². The van der Waals surface area contributed by atoms with Gasteiger partial charge in [0.15, 0.2) is 5.11 Å². The summed E-state index contributed by atoms with van der Waals surface area (Å²) in [5.74, 6) is 0.735. The number of thiocarbonyl (C=S) groups is 1. The summed E-state index contributed by atoms with van der Waals surface area (Å²) in [5, 5.41) is 3.45. The number of thioether (sulfide) groups is 1. The van der Waals surface area contributed by atoms with Gasteiger partial charge in [0.25, 0.3) is 5.91 Å². The van der Waals surface area contributed by atoms with E-state index in [2.05, 4.69) is 16.2 Å². The number of hydrogen-bond acceptors (Lipinski definition) is 3. The summed E-state index contributed by atoms with van der Waals surface area (Å²) < 4.78 is 0. The van der Waals surface area contributed by atoms with Gasteiger partial charge in [-0.25, -0.2) is 0 Å². The van der Waals surface area contributed by atoms with Crippen LogP contribution in [0.25, 0.3) is 0 Å². The molecule has 0 aromatic heterocycles. The lowest BCUT2D eigenvalue weighted by Gasteiger charge is -2.23. The summed E-state index contributed by atoms with van der Waals surface area (Å²) in [5.41, 5.74) is 6.92. The highest BCUT2D eigenvalue weighted by Crippen LogP contribution is 2.10. The first-order valence-electron chi connectivity index (χ1n) is 6.28. The molecule has 110 valence electrons. The van der Waals surface area contributed by atoms with E-state index in [9.17, 15) is 4.79 Å². The highest BCUT2D eigenvalue weighted by atomic mass is 32.2. The Labute approximate surface area is 130 Å². The molecule has 0 bridgehead atoms. The zero-order valence-corrected chi connectivity index (χ0v) is 13.9. The molecule has 0 spiro atoms. The fourth-order valence-corrected chi connectivity index (χ4v) is 2.36. The number of rotatable bonds is 3. The predicted octanol–water partition coefficient (Wildman–Crippen LogP) is 2.46. The van der Waals surface area contributed by atoms with Gasteiger partial charge in [0, 0.05) is 16.9 Å². The van der Waals surface area contributed by atoms with E-state index in [0.717, 1.165) is 5.75 Å². The van der Waals surface area contributed by atoms with Crippen molar-refractivity contribution >= 4 is 35.0 Å². The van der Waals surface area contributed by atoms with E-state index in [1.807, 2.05) is 51.3 Å². The Morgan fingerprint density at radius 1 is 1.20 bits per heavy atom. The molecule has 20 heavy (non-hydrogen) atoms. The van der Waals surface area contributed by atoms with E-state index in [1.165, 1.54) is 5.56 Å². The van der Waals surface area contributed by atoms with E-state index in [1.54, 1.807) is 11.8 Å². The summed E-state index contributed by atoms with van der Waals surface area (Å²) in [7, 11) is 0. The monoisotopic (exact) mass is 311 g/mol. The smallest absolute Gasteiger partial charge is 0.269 e. The Kier molecular flexibility index (Phi) is 6.29. The molecule has 0 saturated carbocycles. The zero-order chi connectivity index (χ0) is 15.2. The molecule has 0 aliphatic rings. The van der Waals surface area contributed by atoms with Crippen molar-refractivity contribution in [3.05, 3.63) is 35.4 Å². The maximum atomic E-state index is 11.9. The van der Waals surface area contributed by atoms with Crippen molar-refractivity contribution in [1.29, 1.82) is 0 Å². The van der Waals surface area contributed by atoms with Crippen molar-refractivity contribution in [2.24, 2.45) is 0 Å². The molecule has 0 aliphatic carbocycles. The Balaban J connectivity index is 2.48. The number of carbonyl (C=O) groups is 1. The van der Waals surface area contributed by atoms with E-state index in [0.29, 0.717) is 10.7 Å². The molecule has 0 radical (unpaired) electrons. The molecule has 0 saturated heterocycles. The minimum Gasteiger partial charge on any atom is -0.357 e. The van der Waals surface area contributed by atoms with Crippen molar-refractivity contribution in [3.8, 4) is 0 Å². The predicted molar refractivity (Wildman–Crippen MR) is 89.7 cm³/mol. The Bertz CT molecular complexity index is 466. The number of benzene rings is 1. The molecular formula is C14H21N3OS2. The molecule has 1 amide bonds. The molecule has 6 heteroatoms. The summed E-state index contributed by atoms with van der Waals surface area (Å²) >= 11 is 6.84. The molecule has 0 aliphatic heterocycles. The molecule has 0 heterocycles. The molecule has 1 aromatic rings. The fourth-order valence-electron chi connectivity index (χ4n) is 1.48. The lowest BCUT2D eigenvalue weighted by atomic mass is 10.1. The molecule has 1 rings (SSSR count). The number of amides is 1. The van der Waals surface area contributed by atoms with Gasteiger partial charge in [-0.15, -0.1) is 0 Å². The van der Waals surface area contributed by atoms with Crippen molar-refractivity contribution in [2.75, 3.05) is 6.26 Å². The highest BCUT2D eigenvalue weighted by molar-refractivity contribution is 7.97. The lowest BCUT2D eigenvalue weighted by Crippen LogP contribution is -2.52. The maximum Gasteiger partial charge on any atom is 0.269 e. The van der Waals surface area contributed by atoms with Gasteiger partial charge in [-0.2, -0.15) is 11.8 Å². The SMILES string of the molecule is CSCc1ccc(C(=O)NNC(=S)NC(C)(C)C)cc1. The van der Waals surface area contributed by atoms with Crippen LogP contribution in [0.5, 0.6) is 0 Å². The molecule has 0 atom stereocenters. The third kappa shape index (κ3) is 6.25. The summed E-state index contributed by atoms with van der Waals surface area (Å²) in [6, 6.07) is 7.53. The fraction of sp³-hybridized carbons (Fsp3) is 0.429. The minimum atomic E-state index is -0.209. The van der Waals surface area contributed by atoms with Crippen LogP contribution in [0.3, 0.4) is 0 Å². The first-order chi connectivity index (χ1) is 9.31. The first kappa shape index (κ1) is 16.8. The normalized spacial score (nSPS) is 10.8. The van der Waals surface area contributed by atoms with Crippen LogP contribution in [0.4, 0.5) is 0 Å². The third-order valence-corrected chi connectivity index (χ3v) is 3.13. The van der Waals surface area contributed by atoms with Gasteiger partial charge < -0.3 is 5.32 Å². The van der Waals surface area contributed by atoms with Gasteiger partial charge in [0.05, 0.1) is 0 Å². The number of hydrogen-bond donors (Lipinski definition) is 3. The topological polar surface area (TPSA) is 53.2 Å². The van der Waals surface area contributed by atoms with Gasteiger partial charge >= 0.3 is 0 Å². The maximum absolute atomic E-state index is 11.9. The molecule has 4 nitrogen and oxygen atoms in total. The quantitative estimate of drug-likeness (QED) is 0.591. The minimum absolute atomic E-state index is 0.145. The molecule has 1 aromatic carbocycles. The largest absolute Gasteiger partial charge is 0.357 e. The second-order valence-electron chi connectivity index (χ2n) is 5.41. The molecule has 0 fully saturated rings. The van der Waals surface area contributed by atoms with Crippen LogP contribution in [0, 0.1) is 0 Å². The van der Waals surface area contributed by atoms with E-state index < -0.39 is 0 Å². The van der Waals surface area contributed by atoms with Gasteiger partial charge in [0.2, 0.25) is 0 Å². The second kappa shape index (κ2) is 7.50. The molecule has 0 unspecified atom stereocenters. The van der Waals surface area contributed by atoms with Gasteiger partial charge in [-0.3, -0.25) is 15.6 Å². The van der Waals surface area contributed by atoms with Crippen molar-refractivity contribution in [3.63, 3.8) is 0 Å². The second-order valence-corrected chi connectivity index (χ2v) is 6.69. The Morgan fingerprint density at radius 2 is 1.80 bits per heavy atom. The third-order valence-electron chi connectivity index (χ3n) is 2.31. The average molecular weight is 311 g/mol. The van der Waals surface area contributed by atoms with Crippen LogP contribution in [0.2, 0.25) is 0 Å². The average Bonchev–Trinajstić information content (AvgIpc) is 2.35. The van der Waals surface area contributed by atoms with Crippen molar-refractivity contribution in [1.82, 2.24) is 16.2 Å². The van der Waals surface area contributed by atoms with Crippen LogP contribution in [0.15, 0.2) is 24.3 Å². The standard InChI is InChI=1S/C14H21N3OS2/c1-14(2,3)15-13(19)17-16-12(18)11-7-5-10(6-8-11)9-20-4/h5-8H,9H2,1-4H3,(H,16,18)(H2,15,17,19). The lowest BCUT2D eigenvalue weighted by molar-refractivity contribution is 0.0943. The van der Waals surface area contributed by atoms with Crippen molar-refractivity contribution in [2.45, 2.75) is 32.1 Å². The Morgan fingerprint density at radius 3 is 2.30 bits per heavy atom. The molecular weight excluding hydrogens is 290 g/mol. The van der Waals surface area contributed by atoms with Crippen LogP contribution in [-0.4, -0.2) is 22.8 Å². The van der Waals surface area contributed by atoms with Crippen molar-refractivity contribution < 1.29 is 4.79 Å². The summed E-state index contributed by atoms with van der Waals surface area (Å²) in [6.45, 7) is 5.98. The zero-order valence-electron chi connectivity index (χ0n) is 12.2. The van der Waals surface area contributed by atoms with E-state index in [-0.39, 0.29) is 11.4 Å². The summed E-state index contributed by atoms with van der Waals surface area (Å²) in [4.78, 5) is 11.9. The highest BCUT2D eigenvalue weighted by Gasteiger charge is 2.11. The van der Waals surface area contributed by atoms with E-state index in [4.69, 9.17) is 12.2 Å². The van der Waals surface area contributed by atoms with Crippen LogP contribution < -0.4 is 16.2 Å². The Hall–Kier alpha value is -1.27. The van der Waals surface area contributed by atoms with Gasteiger partial charge in [-0.05, 0) is 56.9 Å². The number of carbonyl (C=O) groups excluding carboxylic acids is 1. The van der Waals surface area contributed by atoms with E-state index >= 15 is 0 Å². The van der Waals surface area contributed by atoms with Crippen LogP contribution in [0.1, 0.15) is 36.7 Å². The summed E-state index contributed by atoms with van der Waals surface area (Å²) in [6.07, 6.45) is 2.05. The number of nitrogens with one attached hydrogen (secondary N) is 3. The van der Waals surface area contributed by atoms with Gasteiger partial charge in [-0.1, -0.05) is 12.1 Å². The van der Waals surface area contributed by atoms with Crippen LogP contribution >= 0.6 is 24.0 Å².